The summed E-state index contributed by atoms with van der Waals surface area (Å²) in [7, 11) is 0. The van der Waals surface area contributed by atoms with Gasteiger partial charge in [0.25, 0.3) is 0 Å². The van der Waals surface area contributed by atoms with E-state index in [0.717, 1.165) is 12.8 Å². The second-order valence-corrected chi connectivity index (χ2v) is 3.95. The van der Waals surface area contributed by atoms with Crippen molar-refractivity contribution in [2.24, 2.45) is 5.92 Å². The molecule has 1 N–H and O–H groups in total. The number of benzene rings is 1. The Bertz CT molecular complexity index is 446. The van der Waals surface area contributed by atoms with Crippen molar-refractivity contribution in [1.82, 2.24) is 0 Å². The zero-order valence-electron chi connectivity index (χ0n) is 8.90. The van der Waals surface area contributed by atoms with E-state index < -0.39 is 5.97 Å². The second kappa shape index (κ2) is 3.96. The van der Waals surface area contributed by atoms with Gasteiger partial charge in [0, 0.05) is 0 Å². The Balaban J connectivity index is 2.29. The molecule has 0 spiro atoms. The van der Waals surface area contributed by atoms with E-state index in [2.05, 4.69) is 0 Å². The lowest BCUT2D eigenvalue weighted by Crippen LogP contribution is -2.13. The number of carboxylic acid groups (broad SMARTS) is 1. The van der Waals surface area contributed by atoms with Crippen molar-refractivity contribution < 1.29 is 19.4 Å². The van der Waals surface area contributed by atoms with Gasteiger partial charge in [0.05, 0.1) is 5.92 Å². The first-order chi connectivity index (χ1) is 7.59. The van der Waals surface area contributed by atoms with Gasteiger partial charge in [-0.2, -0.15) is 0 Å². The highest BCUT2D eigenvalue weighted by molar-refractivity contribution is 5.92. The third-order valence-electron chi connectivity index (χ3n) is 2.56. The lowest BCUT2D eigenvalue weighted by atomic mass is 10.1. The number of rotatable bonds is 3. The smallest absolute Gasteiger partial charge is 0.339 e. The van der Waals surface area contributed by atoms with Crippen LogP contribution in [0.25, 0.3) is 0 Å². The molecule has 1 saturated carbocycles. The van der Waals surface area contributed by atoms with E-state index in [1.54, 1.807) is 19.1 Å². The van der Waals surface area contributed by atoms with Gasteiger partial charge in [-0.25, -0.2) is 4.79 Å². The van der Waals surface area contributed by atoms with Crippen molar-refractivity contribution in [2.45, 2.75) is 19.8 Å². The number of aryl methyl sites for hydroxylation is 1. The molecule has 1 aliphatic rings. The molecule has 0 radical (unpaired) electrons. The van der Waals surface area contributed by atoms with Crippen LogP contribution in [0.4, 0.5) is 0 Å². The lowest BCUT2D eigenvalue weighted by molar-refractivity contribution is -0.135. The van der Waals surface area contributed by atoms with E-state index in [-0.39, 0.29) is 23.2 Å². The summed E-state index contributed by atoms with van der Waals surface area (Å²) in [5.41, 5.74) is 0.697. The summed E-state index contributed by atoms with van der Waals surface area (Å²) in [6, 6.07) is 4.79. The molecule has 0 aliphatic heterocycles. The fourth-order valence-corrected chi connectivity index (χ4v) is 1.46. The van der Waals surface area contributed by atoms with Gasteiger partial charge in [-0.1, -0.05) is 12.1 Å². The summed E-state index contributed by atoms with van der Waals surface area (Å²) in [5.74, 6) is -1.27. The molecule has 1 fully saturated rings. The largest absolute Gasteiger partial charge is 0.478 e. The Morgan fingerprint density at radius 3 is 2.62 bits per heavy atom. The van der Waals surface area contributed by atoms with Crippen LogP contribution in [-0.4, -0.2) is 17.0 Å². The molecule has 0 unspecified atom stereocenters. The Morgan fingerprint density at radius 2 is 2.06 bits per heavy atom. The number of hydrogen-bond donors (Lipinski definition) is 1. The summed E-state index contributed by atoms with van der Waals surface area (Å²) in [6.07, 6.45) is 1.68. The molecular weight excluding hydrogens is 208 g/mol. The number of carboxylic acids is 1. The average molecular weight is 220 g/mol. The van der Waals surface area contributed by atoms with Crippen molar-refractivity contribution in [3.05, 3.63) is 29.3 Å². The summed E-state index contributed by atoms with van der Waals surface area (Å²) >= 11 is 0. The van der Waals surface area contributed by atoms with Crippen molar-refractivity contribution in [1.29, 1.82) is 0 Å². The molecule has 0 aromatic heterocycles. The van der Waals surface area contributed by atoms with Crippen LogP contribution >= 0.6 is 0 Å². The maximum atomic E-state index is 11.5. The van der Waals surface area contributed by atoms with E-state index in [1.807, 2.05) is 0 Å². The molecule has 4 nitrogen and oxygen atoms in total. The van der Waals surface area contributed by atoms with Gasteiger partial charge in [0.15, 0.2) is 0 Å². The fourth-order valence-electron chi connectivity index (χ4n) is 1.46. The Hall–Kier alpha value is -1.84. The molecule has 84 valence electrons. The number of hydrogen-bond acceptors (Lipinski definition) is 3. The molecule has 1 aliphatic carbocycles. The van der Waals surface area contributed by atoms with Crippen LogP contribution in [0, 0.1) is 12.8 Å². The maximum absolute atomic E-state index is 11.5. The second-order valence-electron chi connectivity index (χ2n) is 3.95. The van der Waals surface area contributed by atoms with Crippen LogP contribution in [0.1, 0.15) is 28.8 Å². The first kappa shape index (κ1) is 10.7. The predicted octanol–water partition coefficient (Wildman–Crippen LogP) is 2.01. The number of carbonyl (C=O) groups is 2. The highest BCUT2D eigenvalue weighted by Crippen LogP contribution is 2.32. The highest BCUT2D eigenvalue weighted by atomic mass is 16.5. The molecule has 0 atom stereocenters. The topological polar surface area (TPSA) is 63.6 Å². The van der Waals surface area contributed by atoms with Crippen molar-refractivity contribution in [3.63, 3.8) is 0 Å². The highest BCUT2D eigenvalue weighted by Gasteiger charge is 2.32. The van der Waals surface area contributed by atoms with Gasteiger partial charge >= 0.3 is 11.9 Å². The third-order valence-corrected chi connectivity index (χ3v) is 2.56. The molecule has 16 heavy (non-hydrogen) atoms. The summed E-state index contributed by atoms with van der Waals surface area (Å²) in [6.45, 7) is 1.72. The van der Waals surface area contributed by atoms with Crippen LogP contribution in [0.3, 0.4) is 0 Å². The van der Waals surface area contributed by atoms with Gasteiger partial charge in [-0.15, -0.1) is 0 Å². The minimum absolute atomic E-state index is 0.0361. The monoisotopic (exact) mass is 220 g/mol. The number of esters is 1. The molecule has 4 heteroatoms. The molecule has 0 bridgehead atoms. The average Bonchev–Trinajstić information content (AvgIpc) is 3.03. The SMILES string of the molecule is Cc1cccc(C(=O)O)c1OC(=O)C1CC1. The number of carbonyl (C=O) groups excluding carboxylic acids is 1. The lowest BCUT2D eigenvalue weighted by Gasteiger charge is -2.09. The minimum atomic E-state index is -1.08. The standard InChI is InChI=1S/C12H12O4/c1-7-3-2-4-9(11(13)14)10(7)16-12(15)8-5-6-8/h2-4,8H,5-6H2,1H3,(H,13,14). The molecule has 0 heterocycles. The van der Waals surface area contributed by atoms with E-state index in [4.69, 9.17) is 9.84 Å². The first-order valence-electron chi connectivity index (χ1n) is 5.14. The summed E-state index contributed by atoms with van der Waals surface area (Å²) in [4.78, 5) is 22.4. The van der Waals surface area contributed by atoms with Crippen LogP contribution < -0.4 is 4.74 Å². The Morgan fingerprint density at radius 1 is 1.38 bits per heavy atom. The quantitative estimate of drug-likeness (QED) is 0.625. The Labute approximate surface area is 92.8 Å². The molecule has 1 aromatic rings. The van der Waals surface area contributed by atoms with E-state index in [9.17, 15) is 9.59 Å². The van der Waals surface area contributed by atoms with Gasteiger partial charge in [0.2, 0.25) is 0 Å². The molecule has 2 rings (SSSR count). The van der Waals surface area contributed by atoms with E-state index in [0.29, 0.717) is 5.56 Å². The number of ether oxygens (including phenoxy) is 1. The van der Waals surface area contributed by atoms with Crippen LogP contribution in [0.5, 0.6) is 5.75 Å². The maximum Gasteiger partial charge on any atom is 0.339 e. The Kier molecular flexibility index (Phi) is 2.64. The van der Waals surface area contributed by atoms with Crippen molar-refractivity contribution >= 4 is 11.9 Å². The van der Waals surface area contributed by atoms with Crippen LogP contribution in [-0.2, 0) is 4.79 Å². The van der Waals surface area contributed by atoms with E-state index in [1.165, 1.54) is 6.07 Å². The van der Waals surface area contributed by atoms with Crippen LogP contribution in [0.15, 0.2) is 18.2 Å². The molecule has 0 amide bonds. The third kappa shape index (κ3) is 2.05. The fraction of sp³-hybridized carbons (Fsp3) is 0.333. The van der Waals surface area contributed by atoms with Crippen molar-refractivity contribution in [3.8, 4) is 5.75 Å². The van der Waals surface area contributed by atoms with Crippen LogP contribution in [0.2, 0.25) is 0 Å². The first-order valence-corrected chi connectivity index (χ1v) is 5.14. The molecule has 0 saturated heterocycles. The molecular formula is C12H12O4. The minimum Gasteiger partial charge on any atom is -0.478 e. The zero-order chi connectivity index (χ0) is 11.7. The van der Waals surface area contributed by atoms with Gasteiger partial charge in [0.1, 0.15) is 11.3 Å². The zero-order valence-corrected chi connectivity index (χ0v) is 8.90. The molecule has 1 aromatic carbocycles. The van der Waals surface area contributed by atoms with Gasteiger partial charge in [-0.05, 0) is 31.4 Å². The summed E-state index contributed by atoms with van der Waals surface area (Å²) in [5, 5.41) is 8.97. The number of para-hydroxylation sites is 1. The predicted molar refractivity (Wildman–Crippen MR) is 56.5 cm³/mol. The summed E-state index contributed by atoms with van der Waals surface area (Å²) < 4.78 is 5.14. The normalized spacial score (nSPS) is 14.6. The van der Waals surface area contributed by atoms with E-state index >= 15 is 0 Å². The number of aromatic carboxylic acids is 1. The van der Waals surface area contributed by atoms with Gasteiger partial charge < -0.3 is 9.84 Å². The van der Waals surface area contributed by atoms with Crippen molar-refractivity contribution in [2.75, 3.05) is 0 Å². The van der Waals surface area contributed by atoms with Gasteiger partial charge in [-0.3, -0.25) is 4.79 Å².